The molecule has 0 saturated heterocycles. The molecule has 100 valence electrons. The molecule has 1 unspecified atom stereocenters. The lowest BCUT2D eigenvalue weighted by atomic mass is 10.3. The van der Waals surface area contributed by atoms with E-state index in [0.717, 1.165) is 11.3 Å². The largest absolute Gasteiger partial charge is 0.495 e. The number of aliphatic carboxylic acids is 1. The van der Waals surface area contributed by atoms with E-state index in [-0.39, 0.29) is 6.61 Å². The molecule has 0 aliphatic carbocycles. The Morgan fingerprint density at radius 2 is 2.22 bits per heavy atom. The molecule has 1 heterocycles. The Labute approximate surface area is 116 Å². The van der Waals surface area contributed by atoms with Crippen LogP contribution in [0, 0.1) is 0 Å². The molecule has 1 amide bonds. The maximum atomic E-state index is 11.8. The van der Waals surface area contributed by atoms with Crippen molar-refractivity contribution in [2.75, 3.05) is 20.8 Å². The highest BCUT2D eigenvalue weighted by Gasteiger charge is 2.22. The summed E-state index contributed by atoms with van der Waals surface area (Å²) < 4.78 is 10.4. The molecule has 6 nitrogen and oxygen atoms in total. The number of carboxylic acids is 1. The van der Waals surface area contributed by atoms with Crippen LogP contribution >= 0.6 is 27.3 Å². The summed E-state index contributed by atoms with van der Waals surface area (Å²) in [6.07, 6.45) is 0. The van der Waals surface area contributed by atoms with Crippen molar-refractivity contribution in [3.8, 4) is 5.75 Å². The first-order chi connectivity index (χ1) is 8.49. The topological polar surface area (TPSA) is 84.9 Å². The van der Waals surface area contributed by atoms with Crippen molar-refractivity contribution in [1.29, 1.82) is 0 Å². The minimum absolute atomic E-state index is 0.0925. The summed E-state index contributed by atoms with van der Waals surface area (Å²) >= 11 is 4.41. The number of rotatable bonds is 6. The maximum Gasteiger partial charge on any atom is 0.328 e. The predicted molar refractivity (Wildman–Crippen MR) is 69.3 cm³/mol. The van der Waals surface area contributed by atoms with Crippen molar-refractivity contribution in [3.05, 3.63) is 14.7 Å². The van der Waals surface area contributed by atoms with Crippen molar-refractivity contribution >= 4 is 39.1 Å². The van der Waals surface area contributed by atoms with Crippen molar-refractivity contribution in [2.24, 2.45) is 0 Å². The van der Waals surface area contributed by atoms with E-state index in [0.29, 0.717) is 14.4 Å². The number of nitrogens with one attached hydrogen (secondary N) is 1. The molecule has 0 aromatic carbocycles. The number of carboxylic acid groups (broad SMARTS) is 1. The molecular weight excluding hydrogens is 326 g/mol. The summed E-state index contributed by atoms with van der Waals surface area (Å²) in [6, 6.07) is 0.463. The van der Waals surface area contributed by atoms with Gasteiger partial charge in [0.15, 0.2) is 6.04 Å². The molecule has 0 aliphatic rings. The van der Waals surface area contributed by atoms with Crippen LogP contribution in [0.5, 0.6) is 5.75 Å². The Morgan fingerprint density at radius 3 is 2.67 bits per heavy atom. The third-order valence-corrected chi connectivity index (χ3v) is 3.82. The van der Waals surface area contributed by atoms with Gasteiger partial charge in [0, 0.05) is 13.2 Å². The van der Waals surface area contributed by atoms with Gasteiger partial charge >= 0.3 is 5.97 Å². The molecule has 1 rings (SSSR count). The van der Waals surface area contributed by atoms with E-state index in [1.807, 2.05) is 0 Å². The van der Waals surface area contributed by atoms with Crippen molar-refractivity contribution in [1.82, 2.24) is 5.32 Å². The summed E-state index contributed by atoms with van der Waals surface area (Å²) in [4.78, 5) is 23.0. The summed E-state index contributed by atoms with van der Waals surface area (Å²) in [6.45, 7) is -0.0925. The second kappa shape index (κ2) is 6.72. The first-order valence-electron chi connectivity index (χ1n) is 4.85. The molecule has 1 atom stereocenters. The molecule has 0 aliphatic heterocycles. The fraction of sp³-hybridized carbons (Fsp3) is 0.400. The fourth-order valence-corrected chi connectivity index (χ4v) is 2.73. The molecule has 0 fully saturated rings. The zero-order chi connectivity index (χ0) is 13.7. The van der Waals surface area contributed by atoms with Gasteiger partial charge in [-0.15, -0.1) is 11.3 Å². The van der Waals surface area contributed by atoms with Crippen LogP contribution in [0.3, 0.4) is 0 Å². The SMILES string of the molecule is COCC(NC(=O)c1cc(OC)c(Br)s1)C(=O)O. The van der Waals surface area contributed by atoms with Crippen LogP contribution in [-0.2, 0) is 9.53 Å². The lowest BCUT2D eigenvalue weighted by Crippen LogP contribution is -2.43. The van der Waals surface area contributed by atoms with Gasteiger partial charge in [0.25, 0.3) is 5.91 Å². The minimum atomic E-state index is -1.15. The first kappa shape index (κ1) is 14.9. The van der Waals surface area contributed by atoms with Crippen LogP contribution < -0.4 is 10.1 Å². The van der Waals surface area contributed by atoms with Gasteiger partial charge in [0.1, 0.15) is 9.54 Å². The lowest BCUT2D eigenvalue weighted by Gasteiger charge is -2.12. The number of carbonyl (C=O) groups is 2. The quantitative estimate of drug-likeness (QED) is 0.818. The molecule has 8 heteroatoms. The summed E-state index contributed by atoms with van der Waals surface area (Å²) in [5, 5.41) is 11.2. The summed E-state index contributed by atoms with van der Waals surface area (Å²) in [7, 11) is 2.85. The monoisotopic (exact) mass is 337 g/mol. The number of hydrogen-bond acceptors (Lipinski definition) is 5. The van der Waals surface area contributed by atoms with Crippen LogP contribution in [0.25, 0.3) is 0 Å². The molecular formula is C10H12BrNO5S. The Balaban J connectivity index is 2.77. The second-order valence-corrected chi connectivity index (χ2v) is 5.64. The molecule has 1 aromatic heterocycles. The highest BCUT2D eigenvalue weighted by Crippen LogP contribution is 2.34. The highest BCUT2D eigenvalue weighted by molar-refractivity contribution is 9.11. The van der Waals surface area contributed by atoms with Crippen LogP contribution in [0.2, 0.25) is 0 Å². The number of ether oxygens (including phenoxy) is 2. The van der Waals surface area contributed by atoms with Crippen molar-refractivity contribution in [3.63, 3.8) is 0 Å². The van der Waals surface area contributed by atoms with Crippen molar-refractivity contribution in [2.45, 2.75) is 6.04 Å². The molecule has 1 aromatic rings. The van der Waals surface area contributed by atoms with Crippen molar-refractivity contribution < 1.29 is 24.2 Å². The van der Waals surface area contributed by atoms with Gasteiger partial charge < -0.3 is 19.9 Å². The first-order valence-corrected chi connectivity index (χ1v) is 6.46. The molecule has 0 bridgehead atoms. The average molecular weight is 338 g/mol. The number of halogens is 1. The second-order valence-electron chi connectivity index (χ2n) is 3.27. The number of methoxy groups -OCH3 is 2. The van der Waals surface area contributed by atoms with E-state index in [4.69, 9.17) is 14.6 Å². The van der Waals surface area contributed by atoms with Gasteiger partial charge in [-0.3, -0.25) is 4.79 Å². The van der Waals surface area contributed by atoms with Crippen LogP contribution in [-0.4, -0.2) is 43.9 Å². The van der Waals surface area contributed by atoms with Crippen LogP contribution in [0.1, 0.15) is 9.67 Å². The molecule has 2 N–H and O–H groups in total. The predicted octanol–water partition coefficient (Wildman–Crippen LogP) is 1.35. The zero-order valence-corrected chi connectivity index (χ0v) is 12.1. The van der Waals surface area contributed by atoms with Gasteiger partial charge in [-0.05, 0) is 15.9 Å². The molecule has 18 heavy (non-hydrogen) atoms. The van der Waals surface area contributed by atoms with Crippen LogP contribution in [0.4, 0.5) is 0 Å². The van der Waals surface area contributed by atoms with E-state index in [2.05, 4.69) is 21.2 Å². The molecule has 0 saturated carbocycles. The highest BCUT2D eigenvalue weighted by atomic mass is 79.9. The van der Waals surface area contributed by atoms with E-state index >= 15 is 0 Å². The number of hydrogen-bond donors (Lipinski definition) is 2. The fourth-order valence-electron chi connectivity index (χ4n) is 1.17. The number of carbonyl (C=O) groups excluding carboxylic acids is 1. The third-order valence-electron chi connectivity index (χ3n) is 2.04. The standard InChI is InChI=1S/C10H12BrNO5S/c1-16-4-5(10(14)15)12-9(13)7-3-6(17-2)8(11)18-7/h3,5H,4H2,1-2H3,(H,12,13)(H,14,15). The zero-order valence-electron chi connectivity index (χ0n) is 9.73. The maximum absolute atomic E-state index is 11.8. The summed E-state index contributed by atoms with van der Waals surface area (Å²) in [5.74, 6) is -1.09. The minimum Gasteiger partial charge on any atom is -0.495 e. The van der Waals surface area contributed by atoms with Gasteiger partial charge in [0.2, 0.25) is 0 Å². The number of thiophene rings is 1. The average Bonchev–Trinajstić information content (AvgIpc) is 2.69. The van der Waals surface area contributed by atoms with Gasteiger partial charge in [-0.25, -0.2) is 4.79 Å². The van der Waals surface area contributed by atoms with Gasteiger partial charge in [-0.2, -0.15) is 0 Å². The Bertz CT molecular complexity index is 447. The van der Waals surface area contributed by atoms with E-state index in [1.54, 1.807) is 0 Å². The lowest BCUT2D eigenvalue weighted by molar-refractivity contribution is -0.140. The number of amides is 1. The smallest absolute Gasteiger partial charge is 0.328 e. The molecule has 0 spiro atoms. The third kappa shape index (κ3) is 3.69. The Kier molecular flexibility index (Phi) is 5.57. The Morgan fingerprint density at radius 1 is 1.56 bits per heavy atom. The van der Waals surface area contributed by atoms with Gasteiger partial charge in [-0.1, -0.05) is 0 Å². The van der Waals surface area contributed by atoms with E-state index < -0.39 is 17.9 Å². The normalized spacial score (nSPS) is 11.9. The van der Waals surface area contributed by atoms with E-state index in [1.165, 1.54) is 20.3 Å². The van der Waals surface area contributed by atoms with E-state index in [9.17, 15) is 9.59 Å². The van der Waals surface area contributed by atoms with Crippen LogP contribution in [0.15, 0.2) is 9.85 Å². The summed E-state index contributed by atoms with van der Waals surface area (Å²) in [5.41, 5.74) is 0. The Hall–Kier alpha value is -1.12. The van der Waals surface area contributed by atoms with Gasteiger partial charge in [0.05, 0.1) is 18.6 Å². The molecule has 0 radical (unpaired) electrons.